The summed E-state index contributed by atoms with van der Waals surface area (Å²) in [5.41, 5.74) is 3.93. The van der Waals surface area contributed by atoms with Crippen LogP contribution in [0.1, 0.15) is 89.1 Å². The molecule has 0 aliphatic rings. The van der Waals surface area contributed by atoms with Crippen LogP contribution in [0, 0.1) is 6.42 Å². The van der Waals surface area contributed by atoms with Crippen molar-refractivity contribution in [3.05, 3.63) is 35.5 Å². The Bertz CT molecular complexity index is 327. The molecule has 1 aromatic heterocycles. The molecule has 1 heterocycles. The maximum atomic E-state index is 4.86. The van der Waals surface area contributed by atoms with Crippen LogP contribution in [0.2, 0.25) is 0 Å². The van der Waals surface area contributed by atoms with Crippen LogP contribution in [0.3, 0.4) is 0 Å². The largest absolute Gasteiger partial charge is 0.258 e. The molecule has 1 heteroatoms. The Kier molecular flexibility index (Phi) is 9.36. The van der Waals surface area contributed by atoms with Crippen LogP contribution in [0.5, 0.6) is 0 Å². The predicted octanol–water partition coefficient (Wildman–Crippen LogP) is 5.90. The number of aryl methyl sites for hydroxylation is 2. The molecule has 0 amide bonds. The van der Waals surface area contributed by atoms with Gasteiger partial charge in [-0.15, -0.1) is 0 Å². The zero-order chi connectivity index (χ0) is 14.6. The van der Waals surface area contributed by atoms with Crippen molar-refractivity contribution >= 4 is 0 Å². The van der Waals surface area contributed by atoms with Gasteiger partial charge in [-0.2, -0.15) is 0 Å². The maximum Gasteiger partial charge on any atom is 0.0409 e. The van der Waals surface area contributed by atoms with E-state index in [9.17, 15) is 0 Å². The minimum absolute atomic E-state index is 1.14. The molecule has 0 spiro atoms. The van der Waals surface area contributed by atoms with Gasteiger partial charge in [0.25, 0.3) is 0 Å². The first kappa shape index (κ1) is 17.2. The molecule has 1 rings (SSSR count). The highest BCUT2D eigenvalue weighted by Crippen LogP contribution is 2.14. The van der Waals surface area contributed by atoms with Gasteiger partial charge in [-0.3, -0.25) is 4.98 Å². The third-order valence-corrected chi connectivity index (χ3v) is 3.86. The van der Waals surface area contributed by atoms with Crippen LogP contribution in [-0.2, 0) is 12.8 Å². The fraction of sp³-hybridized carbons (Fsp3) is 0.684. The summed E-state index contributed by atoms with van der Waals surface area (Å²) in [6.07, 6.45) is 15.0. The molecule has 0 aliphatic carbocycles. The lowest BCUT2D eigenvalue weighted by Crippen LogP contribution is -1.99. The fourth-order valence-electron chi connectivity index (χ4n) is 2.56. The highest BCUT2D eigenvalue weighted by molar-refractivity contribution is 5.27. The van der Waals surface area contributed by atoms with Gasteiger partial charge in [0.1, 0.15) is 0 Å². The molecule has 0 saturated carbocycles. The van der Waals surface area contributed by atoms with Gasteiger partial charge in [0.05, 0.1) is 0 Å². The van der Waals surface area contributed by atoms with Crippen LogP contribution < -0.4 is 0 Å². The molecule has 0 fully saturated rings. The van der Waals surface area contributed by atoms with Crippen LogP contribution in [0.25, 0.3) is 0 Å². The third-order valence-electron chi connectivity index (χ3n) is 3.86. The molecule has 20 heavy (non-hydrogen) atoms. The van der Waals surface area contributed by atoms with E-state index in [4.69, 9.17) is 4.98 Å². The van der Waals surface area contributed by atoms with E-state index in [-0.39, 0.29) is 0 Å². The van der Waals surface area contributed by atoms with E-state index in [0.29, 0.717) is 0 Å². The van der Waals surface area contributed by atoms with Crippen molar-refractivity contribution in [2.75, 3.05) is 0 Å². The van der Waals surface area contributed by atoms with Crippen molar-refractivity contribution in [1.82, 2.24) is 4.98 Å². The van der Waals surface area contributed by atoms with Gasteiger partial charge in [0, 0.05) is 11.4 Å². The van der Waals surface area contributed by atoms with E-state index >= 15 is 0 Å². The van der Waals surface area contributed by atoms with Crippen LogP contribution >= 0.6 is 0 Å². The molecule has 113 valence electrons. The van der Waals surface area contributed by atoms with Gasteiger partial charge in [-0.25, -0.2) is 0 Å². The first-order valence-electron chi connectivity index (χ1n) is 8.59. The number of hydrogen-bond donors (Lipinski definition) is 0. The van der Waals surface area contributed by atoms with Crippen molar-refractivity contribution in [2.45, 2.75) is 85.0 Å². The maximum absolute atomic E-state index is 4.86. The lowest BCUT2D eigenvalue weighted by Gasteiger charge is -2.08. The molecular formula is C19H32N. The summed E-state index contributed by atoms with van der Waals surface area (Å²) in [7, 11) is 0. The minimum atomic E-state index is 1.14. The van der Waals surface area contributed by atoms with Crippen LogP contribution in [0.4, 0.5) is 0 Å². The van der Waals surface area contributed by atoms with Crippen LogP contribution in [-0.4, -0.2) is 4.98 Å². The van der Waals surface area contributed by atoms with Gasteiger partial charge < -0.3 is 0 Å². The molecule has 0 atom stereocenters. The number of nitrogens with zero attached hydrogens (tertiary/aromatic N) is 1. The normalized spacial score (nSPS) is 10.9. The molecule has 0 bridgehead atoms. The van der Waals surface area contributed by atoms with Gasteiger partial charge in [0.15, 0.2) is 0 Å². The molecule has 0 aliphatic heterocycles. The Morgan fingerprint density at radius 2 is 1.30 bits per heavy atom. The summed E-state index contributed by atoms with van der Waals surface area (Å²) < 4.78 is 0. The van der Waals surface area contributed by atoms with E-state index in [1.54, 1.807) is 0 Å². The Morgan fingerprint density at radius 1 is 0.800 bits per heavy atom. The van der Waals surface area contributed by atoms with Crippen molar-refractivity contribution in [2.24, 2.45) is 0 Å². The monoisotopic (exact) mass is 274 g/mol. The number of aromatic nitrogens is 1. The highest BCUT2D eigenvalue weighted by Gasteiger charge is 2.03. The molecule has 0 N–H and O–H groups in total. The molecule has 0 aromatic carbocycles. The summed E-state index contributed by atoms with van der Waals surface area (Å²) >= 11 is 0. The number of pyridine rings is 1. The van der Waals surface area contributed by atoms with E-state index in [2.05, 4.69) is 39.3 Å². The topological polar surface area (TPSA) is 12.9 Å². The average Bonchev–Trinajstić information content (AvgIpc) is 2.48. The molecule has 1 radical (unpaired) electrons. The zero-order valence-electron chi connectivity index (χ0n) is 13.8. The second-order valence-corrected chi connectivity index (χ2v) is 5.79. The first-order valence-corrected chi connectivity index (χ1v) is 8.59. The smallest absolute Gasteiger partial charge is 0.0409 e. The minimum Gasteiger partial charge on any atom is -0.258 e. The number of rotatable bonds is 11. The van der Waals surface area contributed by atoms with E-state index in [1.807, 2.05) is 0 Å². The van der Waals surface area contributed by atoms with Gasteiger partial charge in [-0.05, 0) is 49.8 Å². The molecule has 0 saturated heterocycles. The summed E-state index contributed by atoms with van der Waals surface area (Å²) in [5, 5.41) is 0. The number of hydrogen-bond acceptors (Lipinski definition) is 1. The van der Waals surface area contributed by atoms with Gasteiger partial charge >= 0.3 is 0 Å². The summed E-state index contributed by atoms with van der Waals surface area (Å²) in [4.78, 5) is 4.86. The predicted molar refractivity (Wildman–Crippen MR) is 89.0 cm³/mol. The summed E-state index contributed by atoms with van der Waals surface area (Å²) in [6.45, 7) is 6.65. The Morgan fingerprint density at radius 3 is 1.70 bits per heavy atom. The van der Waals surface area contributed by atoms with Crippen molar-refractivity contribution in [3.8, 4) is 0 Å². The molecular weight excluding hydrogens is 242 g/mol. The Balaban J connectivity index is 2.51. The molecule has 1 nitrogen and oxygen atoms in total. The number of unbranched alkanes of at least 4 members (excludes halogenated alkanes) is 6. The first-order chi connectivity index (χ1) is 9.80. The van der Waals surface area contributed by atoms with E-state index in [1.165, 1.54) is 68.3 Å². The van der Waals surface area contributed by atoms with Crippen molar-refractivity contribution in [1.29, 1.82) is 0 Å². The average molecular weight is 274 g/mol. The summed E-state index contributed by atoms with van der Waals surface area (Å²) in [6, 6.07) is 4.53. The van der Waals surface area contributed by atoms with E-state index in [0.717, 1.165) is 12.8 Å². The Labute approximate surface area is 126 Å². The SMILES string of the molecule is C[CH]c1cc(CCCCCC)nc(CCCCCC)c1. The quantitative estimate of drug-likeness (QED) is 0.458. The van der Waals surface area contributed by atoms with Crippen molar-refractivity contribution in [3.63, 3.8) is 0 Å². The lowest BCUT2D eigenvalue weighted by atomic mass is 10.0. The molecule has 1 aromatic rings. The fourth-order valence-corrected chi connectivity index (χ4v) is 2.56. The second kappa shape index (κ2) is 10.9. The summed E-state index contributed by atoms with van der Waals surface area (Å²) in [5.74, 6) is 0. The highest BCUT2D eigenvalue weighted by atomic mass is 14.7. The lowest BCUT2D eigenvalue weighted by molar-refractivity contribution is 0.647. The second-order valence-electron chi connectivity index (χ2n) is 5.79. The van der Waals surface area contributed by atoms with Crippen LogP contribution in [0.15, 0.2) is 12.1 Å². The molecule has 0 unspecified atom stereocenters. The third kappa shape index (κ3) is 7.07. The Hall–Kier alpha value is -0.850. The van der Waals surface area contributed by atoms with E-state index < -0.39 is 0 Å². The van der Waals surface area contributed by atoms with Gasteiger partial charge in [0.2, 0.25) is 0 Å². The standard InChI is InChI=1S/C19H32N/c1-4-7-9-11-13-18-15-17(6-3)16-19(20-18)14-12-10-8-5-2/h6,15-16H,4-5,7-14H2,1-3H3. The van der Waals surface area contributed by atoms with Crippen molar-refractivity contribution < 1.29 is 0 Å². The zero-order valence-corrected chi connectivity index (χ0v) is 13.8. The van der Waals surface area contributed by atoms with Gasteiger partial charge in [-0.1, -0.05) is 59.3 Å².